The highest BCUT2D eigenvalue weighted by Gasteiger charge is 2.07. The van der Waals surface area contributed by atoms with Crippen molar-refractivity contribution in [2.45, 2.75) is 0 Å². The molecule has 1 aromatic heterocycles. The molecule has 3 aromatic rings. The van der Waals surface area contributed by atoms with Crippen LogP contribution in [0.3, 0.4) is 0 Å². The van der Waals surface area contributed by atoms with E-state index in [1.165, 1.54) is 0 Å². The Balaban J connectivity index is 2.09. The third-order valence-electron chi connectivity index (χ3n) is 3.06. The summed E-state index contributed by atoms with van der Waals surface area (Å²) in [5, 5.41) is 1.93. The minimum absolute atomic E-state index is 0.265. The van der Waals surface area contributed by atoms with Crippen LogP contribution in [0.1, 0.15) is 11.4 Å². The van der Waals surface area contributed by atoms with E-state index in [4.69, 9.17) is 34.8 Å². The third-order valence-corrected chi connectivity index (χ3v) is 3.83. The van der Waals surface area contributed by atoms with Crippen LogP contribution in [0.5, 0.6) is 0 Å². The van der Waals surface area contributed by atoms with Gasteiger partial charge in [-0.1, -0.05) is 46.9 Å². The van der Waals surface area contributed by atoms with Crippen LogP contribution in [-0.4, -0.2) is 9.97 Å². The monoisotopic (exact) mass is 350 g/mol. The second-order valence-corrected chi connectivity index (χ2v) is 5.90. The van der Waals surface area contributed by atoms with Crippen molar-refractivity contribution in [3.8, 4) is 0 Å². The van der Waals surface area contributed by atoms with Crippen molar-refractivity contribution in [3.05, 3.63) is 74.3 Å². The highest BCUT2D eigenvalue weighted by molar-refractivity contribution is 6.50. The number of rotatable bonds is 2. The standard InChI is InChI=1S/C16H9Cl3N2O/c17-10-3-1-9(2-4-10)7-13(19)15-20-14-8-11(18)5-6-12(14)16(22)21-15/h1-8H,(H,20,21,22)/b13-7-. The summed E-state index contributed by atoms with van der Waals surface area (Å²) in [6.45, 7) is 0. The maximum absolute atomic E-state index is 12.1. The van der Waals surface area contributed by atoms with Gasteiger partial charge in [-0.15, -0.1) is 0 Å². The summed E-state index contributed by atoms with van der Waals surface area (Å²) in [6.07, 6.45) is 1.70. The van der Waals surface area contributed by atoms with Gasteiger partial charge in [0.2, 0.25) is 0 Å². The van der Waals surface area contributed by atoms with Gasteiger partial charge in [0, 0.05) is 10.0 Å². The lowest BCUT2D eigenvalue weighted by Crippen LogP contribution is -2.10. The smallest absolute Gasteiger partial charge is 0.259 e. The maximum atomic E-state index is 12.1. The van der Waals surface area contributed by atoms with Gasteiger partial charge >= 0.3 is 0 Å². The summed E-state index contributed by atoms with van der Waals surface area (Å²) >= 11 is 18.0. The van der Waals surface area contributed by atoms with Crippen LogP contribution >= 0.6 is 34.8 Å². The van der Waals surface area contributed by atoms with E-state index in [2.05, 4.69) is 9.97 Å². The lowest BCUT2D eigenvalue weighted by atomic mass is 10.2. The number of aromatic amines is 1. The Morgan fingerprint density at radius 1 is 1.05 bits per heavy atom. The number of benzene rings is 2. The van der Waals surface area contributed by atoms with Gasteiger partial charge in [-0.05, 0) is 42.0 Å². The van der Waals surface area contributed by atoms with Crippen LogP contribution < -0.4 is 5.56 Å². The van der Waals surface area contributed by atoms with Crippen molar-refractivity contribution >= 4 is 56.8 Å². The summed E-state index contributed by atoms with van der Waals surface area (Å²) in [4.78, 5) is 19.1. The number of hydrogen-bond donors (Lipinski definition) is 1. The molecule has 0 aliphatic carbocycles. The average molecular weight is 352 g/mol. The molecule has 3 rings (SSSR count). The summed E-state index contributed by atoms with van der Waals surface area (Å²) in [5.41, 5.74) is 1.08. The van der Waals surface area contributed by atoms with Gasteiger partial charge in [0.1, 0.15) is 0 Å². The first-order valence-electron chi connectivity index (χ1n) is 6.36. The van der Waals surface area contributed by atoms with E-state index in [9.17, 15) is 4.79 Å². The van der Waals surface area contributed by atoms with Gasteiger partial charge < -0.3 is 4.98 Å². The Morgan fingerprint density at radius 2 is 1.73 bits per heavy atom. The molecule has 2 aromatic carbocycles. The number of halogens is 3. The molecule has 6 heteroatoms. The predicted molar refractivity (Wildman–Crippen MR) is 92.5 cm³/mol. The Hall–Kier alpha value is -1.81. The summed E-state index contributed by atoms with van der Waals surface area (Å²) in [5.74, 6) is 0.288. The second-order valence-electron chi connectivity index (χ2n) is 4.62. The molecule has 0 radical (unpaired) electrons. The van der Waals surface area contributed by atoms with Crippen molar-refractivity contribution in [2.75, 3.05) is 0 Å². The van der Waals surface area contributed by atoms with Crippen molar-refractivity contribution in [2.24, 2.45) is 0 Å². The number of nitrogens with one attached hydrogen (secondary N) is 1. The maximum Gasteiger partial charge on any atom is 0.259 e. The molecule has 0 amide bonds. The molecule has 0 aliphatic heterocycles. The number of fused-ring (bicyclic) bond motifs is 1. The van der Waals surface area contributed by atoms with E-state index in [1.807, 2.05) is 12.1 Å². The first-order chi connectivity index (χ1) is 10.5. The van der Waals surface area contributed by atoms with E-state index >= 15 is 0 Å². The average Bonchev–Trinajstić information content (AvgIpc) is 2.49. The Bertz CT molecular complexity index is 930. The zero-order valence-corrected chi connectivity index (χ0v) is 13.4. The van der Waals surface area contributed by atoms with Gasteiger partial charge in [-0.3, -0.25) is 4.79 Å². The predicted octanol–water partition coefficient (Wildman–Crippen LogP) is 4.97. The van der Waals surface area contributed by atoms with E-state index in [0.717, 1.165) is 5.56 Å². The molecule has 3 nitrogen and oxygen atoms in total. The summed E-state index contributed by atoms with van der Waals surface area (Å²) in [7, 11) is 0. The minimum Gasteiger partial charge on any atom is -0.305 e. The molecule has 1 heterocycles. The third kappa shape index (κ3) is 3.17. The normalized spacial score (nSPS) is 11.9. The number of aromatic nitrogens is 2. The molecule has 0 fully saturated rings. The largest absolute Gasteiger partial charge is 0.305 e. The fourth-order valence-corrected chi connectivity index (χ4v) is 2.51. The summed E-state index contributed by atoms with van der Waals surface area (Å²) < 4.78 is 0. The second kappa shape index (κ2) is 6.13. The lowest BCUT2D eigenvalue weighted by Gasteiger charge is -2.03. The van der Waals surface area contributed by atoms with Gasteiger partial charge in [-0.25, -0.2) is 4.98 Å². The topological polar surface area (TPSA) is 45.8 Å². The molecule has 0 saturated carbocycles. The van der Waals surface area contributed by atoms with E-state index < -0.39 is 0 Å². The molecule has 22 heavy (non-hydrogen) atoms. The first-order valence-corrected chi connectivity index (χ1v) is 7.49. The van der Waals surface area contributed by atoms with Crippen LogP contribution in [0.2, 0.25) is 10.0 Å². The van der Waals surface area contributed by atoms with Crippen LogP contribution in [0.15, 0.2) is 47.3 Å². The number of hydrogen-bond acceptors (Lipinski definition) is 2. The number of nitrogens with zero attached hydrogens (tertiary/aromatic N) is 1. The quantitative estimate of drug-likeness (QED) is 0.708. The number of H-pyrrole nitrogens is 1. The highest BCUT2D eigenvalue weighted by Crippen LogP contribution is 2.22. The van der Waals surface area contributed by atoms with Crippen molar-refractivity contribution in [1.29, 1.82) is 0 Å². The zero-order chi connectivity index (χ0) is 15.7. The molecule has 0 bridgehead atoms. The molecule has 0 spiro atoms. The SMILES string of the molecule is O=c1[nH]c(/C(Cl)=C/c2ccc(Cl)cc2)nc2cc(Cl)ccc12. The van der Waals surface area contributed by atoms with Crippen LogP contribution in [0.4, 0.5) is 0 Å². The van der Waals surface area contributed by atoms with Crippen molar-refractivity contribution < 1.29 is 0 Å². The van der Waals surface area contributed by atoms with Gasteiger partial charge in [0.25, 0.3) is 5.56 Å². The first kappa shape index (κ1) is 15.1. The van der Waals surface area contributed by atoms with Gasteiger partial charge in [0.15, 0.2) is 5.82 Å². The summed E-state index contributed by atoms with van der Waals surface area (Å²) in [6, 6.07) is 12.1. The highest BCUT2D eigenvalue weighted by atomic mass is 35.5. The zero-order valence-electron chi connectivity index (χ0n) is 11.1. The molecular weight excluding hydrogens is 343 g/mol. The Kier molecular flexibility index (Phi) is 4.21. The fourth-order valence-electron chi connectivity index (χ4n) is 2.00. The Labute approximate surface area is 141 Å². The minimum atomic E-state index is -0.265. The van der Waals surface area contributed by atoms with Crippen LogP contribution in [0, 0.1) is 0 Å². The van der Waals surface area contributed by atoms with E-state index in [0.29, 0.717) is 26.0 Å². The molecule has 1 N–H and O–H groups in total. The van der Waals surface area contributed by atoms with Crippen LogP contribution in [-0.2, 0) is 0 Å². The molecule has 0 aliphatic rings. The lowest BCUT2D eigenvalue weighted by molar-refractivity contribution is 1.14. The Morgan fingerprint density at radius 3 is 2.45 bits per heavy atom. The molecular formula is C16H9Cl3N2O. The van der Waals surface area contributed by atoms with Crippen molar-refractivity contribution in [1.82, 2.24) is 9.97 Å². The van der Waals surface area contributed by atoms with E-state index in [1.54, 1.807) is 36.4 Å². The molecule has 0 unspecified atom stereocenters. The van der Waals surface area contributed by atoms with Gasteiger partial charge in [0.05, 0.1) is 15.9 Å². The molecule has 0 saturated heterocycles. The molecule has 0 atom stereocenters. The fraction of sp³-hybridized carbons (Fsp3) is 0. The molecule has 110 valence electrons. The van der Waals surface area contributed by atoms with E-state index in [-0.39, 0.29) is 11.4 Å². The van der Waals surface area contributed by atoms with Gasteiger partial charge in [-0.2, -0.15) is 0 Å². The van der Waals surface area contributed by atoms with Crippen molar-refractivity contribution in [3.63, 3.8) is 0 Å². The van der Waals surface area contributed by atoms with Crippen LogP contribution in [0.25, 0.3) is 22.0 Å².